The van der Waals surface area contributed by atoms with E-state index in [0.29, 0.717) is 13.0 Å². The van der Waals surface area contributed by atoms with E-state index in [4.69, 9.17) is 4.74 Å². The molecule has 0 bridgehead atoms. The van der Waals surface area contributed by atoms with Crippen LogP contribution in [0.4, 0.5) is 4.39 Å². The van der Waals surface area contributed by atoms with E-state index in [2.05, 4.69) is 6.92 Å². The number of ether oxygens (including phenoxy) is 1. The molecule has 0 N–H and O–H groups in total. The molecule has 1 aromatic rings. The van der Waals surface area contributed by atoms with Crippen LogP contribution in [0, 0.1) is 5.41 Å². The van der Waals surface area contributed by atoms with Gasteiger partial charge in [0.05, 0.1) is 13.2 Å². The number of halogens is 1. The van der Waals surface area contributed by atoms with E-state index in [0.717, 1.165) is 5.56 Å². The lowest BCUT2D eigenvalue weighted by atomic mass is 10.0. The van der Waals surface area contributed by atoms with Crippen LogP contribution in [0.25, 0.3) is 0 Å². The van der Waals surface area contributed by atoms with Crippen molar-refractivity contribution < 1.29 is 9.13 Å². The zero-order chi connectivity index (χ0) is 11.4. The van der Waals surface area contributed by atoms with Gasteiger partial charge in [0, 0.05) is 0 Å². The van der Waals surface area contributed by atoms with E-state index in [1.54, 1.807) is 0 Å². The van der Waals surface area contributed by atoms with Gasteiger partial charge < -0.3 is 4.74 Å². The summed E-state index contributed by atoms with van der Waals surface area (Å²) in [6.07, 6.45) is 2.19. The summed E-state index contributed by atoms with van der Waals surface area (Å²) in [6.45, 7) is 2.89. The predicted molar refractivity (Wildman–Crippen MR) is 63.0 cm³/mol. The molecule has 16 heavy (non-hydrogen) atoms. The van der Waals surface area contributed by atoms with E-state index in [9.17, 15) is 4.39 Å². The highest BCUT2D eigenvalue weighted by atomic mass is 19.1. The molecule has 0 heterocycles. The minimum absolute atomic E-state index is 0.227. The Bertz CT molecular complexity index is 319. The number of benzene rings is 1. The van der Waals surface area contributed by atoms with E-state index in [1.165, 1.54) is 12.8 Å². The summed E-state index contributed by atoms with van der Waals surface area (Å²) in [6, 6.07) is 9.90. The quantitative estimate of drug-likeness (QED) is 0.712. The molecule has 1 saturated carbocycles. The Morgan fingerprint density at radius 3 is 2.62 bits per heavy atom. The Labute approximate surface area is 96.6 Å². The first-order valence-corrected chi connectivity index (χ1v) is 5.94. The Balaban J connectivity index is 1.64. The van der Waals surface area contributed by atoms with Crippen LogP contribution in [-0.2, 0) is 11.3 Å². The van der Waals surface area contributed by atoms with Gasteiger partial charge in [-0.1, -0.05) is 37.3 Å². The Kier molecular flexibility index (Phi) is 3.59. The van der Waals surface area contributed by atoms with Crippen LogP contribution in [0.3, 0.4) is 0 Å². The second-order valence-corrected chi connectivity index (χ2v) is 5.11. The fourth-order valence-corrected chi connectivity index (χ4v) is 1.89. The maximum Gasteiger partial charge on any atom is 0.124 e. The fourth-order valence-electron chi connectivity index (χ4n) is 1.89. The van der Waals surface area contributed by atoms with Gasteiger partial charge in [0.25, 0.3) is 0 Å². The van der Waals surface area contributed by atoms with Crippen molar-refractivity contribution in [2.45, 2.75) is 39.0 Å². The summed E-state index contributed by atoms with van der Waals surface area (Å²) < 4.78 is 18.9. The van der Waals surface area contributed by atoms with Crippen LogP contribution >= 0.6 is 0 Å². The van der Waals surface area contributed by atoms with Crippen molar-refractivity contribution in [3.63, 3.8) is 0 Å². The van der Waals surface area contributed by atoms with Crippen molar-refractivity contribution in [3.8, 4) is 0 Å². The molecule has 1 nitrogen and oxygen atoms in total. The van der Waals surface area contributed by atoms with Crippen molar-refractivity contribution in [2.75, 3.05) is 6.61 Å². The largest absolute Gasteiger partial charge is 0.374 e. The molecule has 2 rings (SSSR count). The second kappa shape index (κ2) is 4.96. The van der Waals surface area contributed by atoms with Crippen LogP contribution in [0.5, 0.6) is 0 Å². The van der Waals surface area contributed by atoms with Crippen LogP contribution in [-0.4, -0.2) is 12.8 Å². The maximum atomic E-state index is 13.5. The molecule has 1 aliphatic rings. The molecule has 1 aliphatic carbocycles. The minimum Gasteiger partial charge on any atom is -0.374 e. The van der Waals surface area contributed by atoms with Gasteiger partial charge in [0.15, 0.2) is 0 Å². The standard InChI is InChI=1S/C14H19FO/c1-14(7-8-14)9-13(15)11-16-10-12-5-3-2-4-6-12/h2-6,13H,7-11H2,1H3. The maximum absolute atomic E-state index is 13.5. The molecule has 1 atom stereocenters. The fraction of sp³-hybridized carbons (Fsp3) is 0.571. The van der Waals surface area contributed by atoms with Crippen LogP contribution in [0.1, 0.15) is 31.7 Å². The SMILES string of the molecule is CC1(CC(F)COCc2ccccc2)CC1. The molecule has 1 aromatic carbocycles. The molecular weight excluding hydrogens is 203 g/mol. The summed E-state index contributed by atoms with van der Waals surface area (Å²) in [4.78, 5) is 0. The average Bonchev–Trinajstić information content (AvgIpc) is 2.97. The molecule has 1 unspecified atom stereocenters. The third-order valence-corrected chi connectivity index (χ3v) is 3.23. The summed E-state index contributed by atoms with van der Waals surface area (Å²) in [5.41, 5.74) is 1.38. The predicted octanol–water partition coefficient (Wildman–Crippen LogP) is 3.73. The number of rotatable bonds is 6. The number of alkyl halides is 1. The smallest absolute Gasteiger partial charge is 0.124 e. The first-order valence-electron chi connectivity index (χ1n) is 5.94. The third kappa shape index (κ3) is 3.60. The number of hydrogen-bond acceptors (Lipinski definition) is 1. The summed E-state index contributed by atoms with van der Waals surface area (Å²) >= 11 is 0. The van der Waals surface area contributed by atoms with E-state index < -0.39 is 6.17 Å². The molecule has 0 aliphatic heterocycles. The Morgan fingerprint density at radius 2 is 2.00 bits per heavy atom. The first kappa shape index (κ1) is 11.6. The van der Waals surface area contributed by atoms with Gasteiger partial charge in [-0.2, -0.15) is 0 Å². The molecule has 88 valence electrons. The van der Waals surface area contributed by atoms with Crippen molar-refractivity contribution in [3.05, 3.63) is 35.9 Å². The monoisotopic (exact) mass is 222 g/mol. The third-order valence-electron chi connectivity index (χ3n) is 3.23. The lowest BCUT2D eigenvalue weighted by Gasteiger charge is -2.13. The molecule has 1 fully saturated rings. The molecule has 0 aromatic heterocycles. The molecule has 0 spiro atoms. The van der Waals surface area contributed by atoms with Crippen molar-refractivity contribution in [1.29, 1.82) is 0 Å². The van der Waals surface area contributed by atoms with Gasteiger partial charge in [-0.25, -0.2) is 4.39 Å². The normalized spacial score (nSPS) is 19.4. The number of hydrogen-bond donors (Lipinski definition) is 0. The van der Waals surface area contributed by atoms with Gasteiger partial charge in [-0.05, 0) is 30.2 Å². The molecule has 0 saturated heterocycles. The Hall–Kier alpha value is -0.890. The van der Waals surface area contributed by atoms with Crippen LogP contribution < -0.4 is 0 Å². The van der Waals surface area contributed by atoms with Crippen molar-refractivity contribution in [2.24, 2.45) is 5.41 Å². The molecule has 0 radical (unpaired) electrons. The highest BCUT2D eigenvalue weighted by molar-refractivity contribution is 5.13. The zero-order valence-electron chi connectivity index (χ0n) is 9.79. The molecular formula is C14H19FO. The van der Waals surface area contributed by atoms with E-state index in [-0.39, 0.29) is 12.0 Å². The van der Waals surface area contributed by atoms with Crippen LogP contribution in [0.2, 0.25) is 0 Å². The molecule has 0 amide bonds. The highest BCUT2D eigenvalue weighted by Crippen LogP contribution is 2.49. The minimum atomic E-state index is -0.809. The highest BCUT2D eigenvalue weighted by Gasteiger charge is 2.39. The van der Waals surface area contributed by atoms with Gasteiger partial charge in [-0.3, -0.25) is 0 Å². The summed E-state index contributed by atoms with van der Waals surface area (Å²) in [7, 11) is 0. The van der Waals surface area contributed by atoms with Gasteiger partial charge in [0.1, 0.15) is 6.17 Å². The molecule has 2 heteroatoms. The average molecular weight is 222 g/mol. The van der Waals surface area contributed by atoms with Gasteiger partial charge in [0.2, 0.25) is 0 Å². The Morgan fingerprint density at radius 1 is 1.31 bits per heavy atom. The van der Waals surface area contributed by atoms with Gasteiger partial charge >= 0.3 is 0 Å². The first-order chi connectivity index (χ1) is 7.68. The zero-order valence-corrected chi connectivity index (χ0v) is 9.79. The topological polar surface area (TPSA) is 9.23 Å². The lowest BCUT2D eigenvalue weighted by Crippen LogP contribution is -2.14. The second-order valence-electron chi connectivity index (χ2n) is 5.11. The van der Waals surface area contributed by atoms with Crippen LogP contribution in [0.15, 0.2) is 30.3 Å². The van der Waals surface area contributed by atoms with Gasteiger partial charge in [-0.15, -0.1) is 0 Å². The van der Waals surface area contributed by atoms with E-state index in [1.807, 2.05) is 30.3 Å². The summed E-state index contributed by atoms with van der Waals surface area (Å²) in [5.74, 6) is 0. The summed E-state index contributed by atoms with van der Waals surface area (Å²) in [5, 5.41) is 0. The van der Waals surface area contributed by atoms with Crippen molar-refractivity contribution in [1.82, 2.24) is 0 Å². The lowest BCUT2D eigenvalue weighted by molar-refractivity contribution is 0.0589. The van der Waals surface area contributed by atoms with E-state index >= 15 is 0 Å². The van der Waals surface area contributed by atoms with Crippen molar-refractivity contribution >= 4 is 0 Å².